The number of halogens is 1. The Balaban J connectivity index is 2.95. The van der Waals surface area contributed by atoms with Crippen LogP contribution in [0.3, 0.4) is 0 Å². The second kappa shape index (κ2) is 8.80. The molecule has 1 rings (SSSR count). The highest BCUT2D eigenvalue weighted by molar-refractivity contribution is 6.82. The van der Waals surface area contributed by atoms with Crippen LogP contribution in [-0.4, -0.2) is 35.0 Å². The summed E-state index contributed by atoms with van der Waals surface area (Å²) >= 11 is 0. The monoisotopic (exact) mass is 294 g/mol. The molecular weight excluding hydrogens is 270 g/mol. The Morgan fingerprint density at radius 1 is 1.33 bits per heavy atom. The summed E-state index contributed by atoms with van der Waals surface area (Å²) in [6, 6.07) is 6.51. The number of nitrogens with one attached hydrogen (secondary N) is 2. The van der Waals surface area contributed by atoms with E-state index in [1.807, 2.05) is 0 Å². The lowest BCUT2D eigenvalue weighted by Gasteiger charge is -2.24. The zero-order valence-corrected chi connectivity index (χ0v) is 12.6. The molecule has 21 heavy (non-hydrogen) atoms. The first-order valence-electron chi connectivity index (χ1n) is 7.45. The predicted molar refractivity (Wildman–Crippen MR) is 85.6 cm³/mol. The number of rotatable bonds is 9. The van der Waals surface area contributed by atoms with Crippen molar-refractivity contribution >= 4 is 18.4 Å². The van der Waals surface area contributed by atoms with Gasteiger partial charge in [-0.25, -0.2) is 4.39 Å². The largest absolute Gasteiger partial charge is 0.508 e. The molecule has 0 fully saturated rings. The van der Waals surface area contributed by atoms with Crippen LogP contribution in [-0.2, 0) is 0 Å². The van der Waals surface area contributed by atoms with Gasteiger partial charge in [0.15, 0.2) is 0 Å². The summed E-state index contributed by atoms with van der Waals surface area (Å²) in [7, 11) is -1.84. The van der Waals surface area contributed by atoms with E-state index in [2.05, 4.69) is 12.2 Å². The summed E-state index contributed by atoms with van der Waals surface area (Å²) in [6.45, 7) is 3.86. The lowest BCUT2D eigenvalue weighted by atomic mass is 9.78. The Morgan fingerprint density at radius 2 is 2.00 bits per heavy atom. The predicted octanol–water partition coefficient (Wildman–Crippen LogP) is 2.79. The van der Waals surface area contributed by atoms with Gasteiger partial charge < -0.3 is 20.8 Å². The van der Waals surface area contributed by atoms with Crippen molar-refractivity contribution < 1.29 is 14.4 Å². The lowest BCUT2D eigenvalue weighted by Crippen LogP contribution is -2.32. The molecule has 0 aliphatic carbocycles. The van der Waals surface area contributed by atoms with Gasteiger partial charge in [0, 0.05) is 11.3 Å². The zero-order chi connectivity index (χ0) is 15.8. The third-order valence-electron chi connectivity index (χ3n) is 3.51. The van der Waals surface area contributed by atoms with Crippen molar-refractivity contribution in [1.29, 1.82) is 5.41 Å². The number of benzene rings is 1. The third kappa shape index (κ3) is 5.14. The molecule has 4 N–H and O–H groups in total. The molecule has 0 saturated heterocycles. The van der Waals surface area contributed by atoms with Crippen LogP contribution in [0.5, 0.6) is 0 Å². The molecule has 4 nitrogen and oxygen atoms in total. The minimum absolute atomic E-state index is 0.292. The summed E-state index contributed by atoms with van der Waals surface area (Å²) in [5, 5.41) is 29.2. The highest BCUT2D eigenvalue weighted by Crippen LogP contribution is 2.22. The van der Waals surface area contributed by atoms with Crippen LogP contribution in [0.25, 0.3) is 0 Å². The first kappa shape index (κ1) is 17.7. The highest BCUT2D eigenvalue weighted by atomic mass is 19.1. The maximum atomic E-state index is 14.1. The van der Waals surface area contributed by atoms with Gasteiger partial charge in [-0.05, 0) is 18.9 Å². The number of para-hydroxylation sites is 1. The fourth-order valence-corrected chi connectivity index (χ4v) is 2.23. The molecule has 116 valence electrons. The van der Waals surface area contributed by atoms with Gasteiger partial charge in [-0.3, -0.25) is 0 Å². The minimum atomic E-state index is -1.84. The van der Waals surface area contributed by atoms with E-state index in [1.54, 1.807) is 31.2 Å². The normalized spacial score (nSPS) is 13.6. The van der Waals surface area contributed by atoms with E-state index in [-0.39, 0.29) is 11.7 Å². The number of alkyl halides is 1. The number of anilines is 1. The Hall–Kier alpha value is -1.40. The maximum Gasteiger partial charge on any atom is 0.508 e. The second-order valence-electron chi connectivity index (χ2n) is 5.15. The standard InChI is InChI=1S/C15H24BFN2O2/c1-3-5-9-14(12(17)4-2)19-13-10-7-6-8-11(13)15(18)16(20)21/h6-8,10,12,14,18-21H,3-5,9H2,1-2H3. The quantitative estimate of drug-likeness (QED) is 0.418. The molecule has 0 amide bonds. The van der Waals surface area contributed by atoms with E-state index in [0.717, 1.165) is 12.8 Å². The topological polar surface area (TPSA) is 76.3 Å². The van der Waals surface area contributed by atoms with Crippen molar-refractivity contribution in [3.05, 3.63) is 29.8 Å². The Labute approximate surface area is 126 Å². The van der Waals surface area contributed by atoms with E-state index in [9.17, 15) is 4.39 Å². The van der Waals surface area contributed by atoms with Crippen LogP contribution in [0.15, 0.2) is 24.3 Å². The van der Waals surface area contributed by atoms with Crippen LogP contribution in [0.4, 0.5) is 10.1 Å². The molecule has 0 saturated carbocycles. The van der Waals surface area contributed by atoms with Gasteiger partial charge in [-0.1, -0.05) is 44.9 Å². The van der Waals surface area contributed by atoms with E-state index in [4.69, 9.17) is 15.5 Å². The third-order valence-corrected chi connectivity index (χ3v) is 3.51. The SMILES string of the molecule is CCCCC(Nc1ccccc1C(=N)B(O)O)C(F)CC. The lowest BCUT2D eigenvalue weighted by molar-refractivity contribution is 0.274. The van der Waals surface area contributed by atoms with Crippen LogP contribution in [0, 0.1) is 5.41 Å². The number of hydrogen-bond acceptors (Lipinski definition) is 4. The Kier molecular flexibility index (Phi) is 7.39. The van der Waals surface area contributed by atoms with Crippen LogP contribution < -0.4 is 5.32 Å². The van der Waals surface area contributed by atoms with Gasteiger partial charge in [0.2, 0.25) is 0 Å². The van der Waals surface area contributed by atoms with Crippen molar-refractivity contribution in [3.63, 3.8) is 0 Å². The van der Waals surface area contributed by atoms with Gasteiger partial charge in [0.1, 0.15) is 6.17 Å². The van der Waals surface area contributed by atoms with Gasteiger partial charge in [-0.2, -0.15) is 0 Å². The van der Waals surface area contributed by atoms with E-state index >= 15 is 0 Å². The molecule has 2 unspecified atom stereocenters. The zero-order valence-electron chi connectivity index (χ0n) is 12.6. The average Bonchev–Trinajstić information content (AvgIpc) is 2.50. The van der Waals surface area contributed by atoms with E-state index in [0.29, 0.717) is 24.1 Å². The van der Waals surface area contributed by atoms with Crippen molar-refractivity contribution in [2.45, 2.75) is 51.7 Å². The molecule has 6 heteroatoms. The van der Waals surface area contributed by atoms with Crippen LogP contribution in [0.2, 0.25) is 0 Å². The van der Waals surface area contributed by atoms with Crippen molar-refractivity contribution in [1.82, 2.24) is 0 Å². The first-order chi connectivity index (χ1) is 10.0. The molecule has 0 aliphatic rings. The summed E-state index contributed by atoms with van der Waals surface area (Å²) in [5.74, 6) is 0. The first-order valence-corrected chi connectivity index (χ1v) is 7.45. The molecule has 0 bridgehead atoms. The molecular formula is C15H24BFN2O2. The van der Waals surface area contributed by atoms with Gasteiger partial charge in [0.05, 0.1) is 11.7 Å². The minimum Gasteiger partial charge on any atom is -0.422 e. The smallest absolute Gasteiger partial charge is 0.422 e. The summed E-state index contributed by atoms with van der Waals surface area (Å²) in [5.41, 5.74) is 0.657. The Bertz CT molecular complexity index is 457. The molecule has 0 spiro atoms. The fourth-order valence-electron chi connectivity index (χ4n) is 2.23. The summed E-state index contributed by atoms with van der Waals surface area (Å²) < 4.78 is 14.1. The molecule has 0 aromatic heterocycles. The van der Waals surface area contributed by atoms with Crippen LogP contribution >= 0.6 is 0 Å². The highest BCUT2D eigenvalue weighted by Gasteiger charge is 2.23. The molecule has 0 heterocycles. The number of hydrogen-bond donors (Lipinski definition) is 4. The van der Waals surface area contributed by atoms with Crippen molar-refractivity contribution in [2.24, 2.45) is 0 Å². The molecule has 0 radical (unpaired) electrons. The van der Waals surface area contributed by atoms with E-state index < -0.39 is 13.3 Å². The summed E-state index contributed by atoms with van der Waals surface area (Å²) in [6.07, 6.45) is 2.05. The van der Waals surface area contributed by atoms with Crippen molar-refractivity contribution in [3.8, 4) is 0 Å². The van der Waals surface area contributed by atoms with E-state index in [1.165, 1.54) is 0 Å². The average molecular weight is 294 g/mol. The summed E-state index contributed by atoms with van der Waals surface area (Å²) in [4.78, 5) is 0. The van der Waals surface area contributed by atoms with Crippen LogP contribution in [0.1, 0.15) is 45.1 Å². The molecule has 2 atom stereocenters. The van der Waals surface area contributed by atoms with Gasteiger partial charge in [0.25, 0.3) is 0 Å². The molecule has 1 aromatic rings. The fraction of sp³-hybridized carbons (Fsp3) is 0.533. The second-order valence-corrected chi connectivity index (χ2v) is 5.15. The van der Waals surface area contributed by atoms with Gasteiger partial charge >= 0.3 is 7.12 Å². The number of unbranched alkanes of at least 4 members (excludes halogenated alkanes) is 1. The molecule has 0 aliphatic heterocycles. The maximum absolute atomic E-state index is 14.1. The van der Waals surface area contributed by atoms with Crippen molar-refractivity contribution in [2.75, 3.05) is 5.32 Å². The molecule has 1 aromatic carbocycles. The Morgan fingerprint density at radius 3 is 2.57 bits per heavy atom. The van der Waals surface area contributed by atoms with Gasteiger partial charge in [-0.15, -0.1) is 0 Å².